The van der Waals surface area contributed by atoms with Gasteiger partial charge in [0.15, 0.2) is 5.82 Å². The van der Waals surface area contributed by atoms with Gasteiger partial charge in [0.25, 0.3) is 0 Å². The van der Waals surface area contributed by atoms with Crippen LogP contribution in [0.1, 0.15) is 0 Å². The molecule has 0 aliphatic carbocycles. The summed E-state index contributed by atoms with van der Waals surface area (Å²) in [4.78, 5) is 17.4. The number of rotatable bonds is 3. The van der Waals surface area contributed by atoms with E-state index in [1.165, 1.54) is 6.07 Å². The van der Waals surface area contributed by atoms with Crippen LogP contribution in [0.15, 0.2) is 55.0 Å². The van der Waals surface area contributed by atoms with E-state index in [-0.39, 0.29) is 5.82 Å². The molecule has 0 atom stereocenters. The summed E-state index contributed by atoms with van der Waals surface area (Å²) < 4.78 is 14.3. The summed E-state index contributed by atoms with van der Waals surface area (Å²) in [7, 11) is 1.79. The van der Waals surface area contributed by atoms with Crippen molar-refractivity contribution >= 4 is 28.3 Å². The highest BCUT2D eigenvalue weighted by Crippen LogP contribution is 2.30. The van der Waals surface area contributed by atoms with Crippen LogP contribution in [0.4, 0.5) is 10.2 Å². The zero-order chi connectivity index (χ0) is 18.1. The second kappa shape index (κ2) is 6.65. The monoisotopic (exact) mass is 365 g/mol. The fourth-order valence-corrected chi connectivity index (χ4v) is 2.90. The lowest BCUT2D eigenvalue weighted by Crippen LogP contribution is -2.00. The predicted molar refractivity (Wildman–Crippen MR) is 101 cm³/mol. The molecule has 0 radical (unpaired) electrons. The fraction of sp³-hybridized carbons (Fsp3) is 0.0526. The predicted octanol–water partition coefficient (Wildman–Crippen LogP) is 4.59. The lowest BCUT2D eigenvalue weighted by atomic mass is 10.0. The molecule has 0 unspecified atom stereocenters. The topological polar surface area (TPSA) is 63.6 Å². The molecule has 0 bridgehead atoms. The van der Waals surface area contributed by atoms with Crippen LogP contribution in [0.3, 0.4) is 0 Å². The lowest BCUT2D eigenvalue weighted by molar-refractivity contribution is 0.631. The third kappa shape index (κ3) is 2.95. The van der Waals surface area contributed by atoms with Crippen molar-refractivity contribution in [2.24, 2.45) is 0 Å². The van der Waals surface area contributed by atoms with E-state index in [2.05, 4.69) is 25.3 Å². The average molecular weight is 366 g/mol. The SMILES string of the molecule is CNc1nc(-c2cnccn2)nc2cc(-c3ccc(Cl)cc3F)ccc12. The molecule has 2 aromatic heterocycles. The molecule has 128 valence electrons. The number of fused-ring (bicyclic) bond motifs is 1. The van der Waals surface area contributed by atoms with E-state index >= 15 is 0 Å². The first-order valence-corrected chi connectivity index (χ1v) is 8.25. The van der Waals surface area contributed by atoms with Gasteiger partial charge in [0.2, 0.25) is 0 Å². The Morgan fingerprint density at radius 1 is 1.04 bits per heavy atom. The molecule has 4 aromatic rings. The summed E-state index contributed by atoms with van der Waals surface area (Å²) in [5.41, 5.74) is 2.41. The number of halogens is 2. The molecule has 0 aliphatic rings. The summed E-state index contributed by atoms with van der Waals surface area (Å²) in [6.07, 6.45) is 4.77. The Morgan fingerprint density at radius 2 is 1.92 bits per heavy atom. The Labute approximate surface area is 153 Å². The number of benzene rings is 2. The van der Waals surface area contributed by atoms with Crippen LogP contribution in [0.25, 0.3) is 33.5 Å². The zero-order valence-corrected chi connectivity index (χ0v) is 14.5. The van der Waals surface area contributed by atoms with Gasteiger partial charge in [-0.05, 0) is 35.9 Å². The van der Waals surface area contributed by atoms with E-state index in [9.17, 15) is 4.39 Å². The van der Waals surface area contributed by atoms with E-state index in [0.717, 1.165) is 5.39 Å². The molecule has 2 heterocycles. The van der Waals surface area contributed by atoms with E-state index in [0.29, 0.717) is 39.0 Å². The van der Waals surface area contributed by atoms with Gasteiger partial charge < -0.3 is 5.32 Å². The largest absolute Gasteiger partial charge is 0.373 e. The highest BCUT2D eigenvalue weighted by atomic mass is 35.5. The number of aromatic nitrogens is 4. The van der Waals surface area contributed by atoms with Crippen molar-refractivity contribution in [3.63, 3.8) is 0 Å². The lowest BCUT2D eigenvalue weighted by Gasteiger charge is -2.10. The van der Waals surface area contributed by atoms with E-state index in [4.69, 9.17) is 11.6 Å². The number of anilines is 1. The van der Waals surface area contributed by atoms with E-state index < -0.39 is 0 Å². The van der Waals surface area contributed by atoms with Crippen molar-refractivity contribution in [3.8, 4) is 22.6 Å². The van der Waals surface area contributed by atoms with Crippen LogP contribution < -0.4 is 5.32 Å². The number of hydrogen-bond acceptors (Lipinski definition) is 5. The summed E-state index contributed by atoms with van der Waals surface area (Å²) in [6, 6.07) is 10.1. The van der Waals surface area contributed by atoms with Gasteiger partial charge in [0.05, 0.1) is 11.7 Å². The normalized spacial score (nSPS) is 10.9. The van der Waals surface area contributed by atoms with Crippen LogP contribution in [-0.2, 0) is 0 Å². The molecule has 1 N–H and O–H groups in total. The maximum atomic E-state index is 14.3. The van der Waals surface area contributed by atoms with Crippen LogP contribution in [0, 0.1) is 5.82 Å². The number of hydrogen-bond donors (Lipinski definition) is 1. The van der Waals surface area contributed by atoms with Crippen molar-refractivity contribution < 1.29 is 4.39 Å². The second-order valence-corrected chi connectivity index (χ2v) is 6.03. The minimum atomic E-state index is -0.381. The highest BCUT2D eigenvalue weighted by molar-refractivity contribution is 6.30. The Kier molecular flexibility index (Phi) is 4.18. The van der Waals surface area contributed by atoms with Gasteiger partial charge in [0.1, 0.15) is 17.3 Å². The Morgan fingerprint density at radius 3 is 2.65 bits per heavy atom. The molecule has 4 rings (SSSR count). The third-order valence-electron chi connectivity index (χ3n) is 3.97. The summed E-state index contributed by atoms with van der Waals surface area (Å²) in [5, 5.41) is 4.26. The minimum absolute atomic E-state index is 0.358. The molecular formula is C19H13ClFN5. The van der Waals surface area contributed by atoms with Crippen molar-refractivity contribution in [3.05, 3.63) is 65.8 Å². The summed E-state index contributed by atoms with van der Waals surface area (Å²) in [5.74, 6) is 0.733. The number of nitrogens with one attached hydrogen (secondary N) is 1. The van der Waals surface area contributed by atoms with E-state index in [1.807, 2.05) is 18.2 Å². The minimum Gasteiger partial charge on any atom is -0.373 e. The van der Waals surface area contributed by atoms with Gasteiger partial charge >= 0.3 is 0 Å². The van der Waals surface area contributed by atoms with E-state index in [1.54, 1.807) is 37.8 Å². The third-order valence-corrected chi connectivity index (χ3v) is 4.20. The molecule has 5 nitrogen and oxygen atoms in total. The first-order chi connectivity index (χ1) is 12.7. The summed E-state index contributed by atoms with van der Waals surface area (Å²) >= 11 is 5.85. The molecule has 0 spiro atoms. The second-order valence-electron chi connectivity index (χ2n) is 5.59. The molecule has 2 aromatic carbocycles. The Hall–Kier alpha value is -3.12. The van der Waals surface area contributed by atoms with Crippen molar-refractivity contribution in [2.45, 2.75) is 0 Å². The van der Waals surface area contributed by atoms with Crippen molar-refractivity contribution in [1.29, 1.82) is 0 Å². The van der Waals surface area contributed by atoms with Gasteiger partial charge in [-0.1, -0.05) is 17.7 Å². The molecule has 0 aliphatic heterocycles. The molecule has 0 saturated carbocycles. The zero-order valence-electron chi connectivity index (χ0n) is 13.7. The van der Waals surface area contributed by atoms with Gasteiger partial charge in [-0.2, -0.15) is 0 Å². The standard InChI is InChI=1S/C19H13ClFN5/c1-22-18-14-4-2-11(13-5-3-12(20)9-15(13)21)8-16(14)25-19(26-18)17-10-23-6-7-24-17/h2-10H,1H3,(H,22,25,26). The van der Waals surface area contributed by atoms with Crippen LogP contribution in [0.2, 0.25) is 5.02 Å². The van der Waals surface area contributed by atoms with Gasteiger partial charge in [0, 0.05) is 35.4 Å². The van der Waals surface area contributed by atoms with Crippen molar-refractivity contribution in [1.82, 2.24) is 19.9 Å². The molecule has 7 heteroatoms. The number of nitrogens with zero attached hydrogens (tertiary/aromatic N) is 4. The molecule has 0 fully saturated rings. The Bertz CT molecular complexity index is 1100. The van der Waals surface area contributed by atoms with Crippen LogP contribution in [0.5, 0.6) is 0 Å². The smallest absolute Gasteiger partial charge is 0.182 e. The Balaban J connectivity index is 1.91. The fourth-order valence-electron chi connectivity index (χ4n) is 2.74. The quantitative estimate of drug-likeness (QED) is 0.575. The van der Waals surface area contributed by atoms with Gasteiger partial charge in [-0.15, -0.1) is 0 Å². The van der Waals surface area contributed by atoms with Gasteiger partial charge in [-0.25, -0.2) is 19.3 Å². The highest BCUT2D eigenvalue weighted by Gasteiger charge is 2.12. The van der Waals surface area contributed by atoms with Gasteiger partial charge in [-0.3, -0.25) is 4.98 Å². The van der Waals surface area contributed by atoms with Crippen LogP contribution in [-0.4, -0.2) is 27.0 Å². The first-order valence-electron chi connectivity index (χ1n) is 7.87. The molecule has 26 heavy (non-hydrogen) atoms. The molecular weight excluding hydrogens is 353 g/mol. The average Bonchev–Trinajstić information content (AvgIpc) is 2.67. The molecule has 0 saturated heterocycles. The molecule has 0 amide bonds. The maximum absolute atomic E-state index is 14.3. The maximum Gasteiger partial charge on any atom is 0.182 e. The van der Waals surface area contributed by atoms with Crippen LogP contribution >= 0.6 is 11.6 Å². The first kappa shape index (κ1) is 16.4. The van der Waals surface area contributed by atoms with Crippen molar-refractivity contribution in [2.75, 3.05) is 12.4 Å². The summed E-state index contributed by atoms with van der Waals surface area (Å²) in [6.45, 7) is 0.